The van der Waals surface area contributed by atoms with E-state index in [0.29, 0.717) is 12.8 Å². The molecular weight excluding hydrogens is 444 g/mol. The second-order valence-corrected chi connectivity index (χ2v) is 8.85. The fraction of sp³-hybridized carbons (Fsp3) is 0.565. The molecule has 6 N–H and O–H groups in total. The number of carbonyl (C=O) groups excluding carboxylic acids is 3. The van der Waals surface area contributed by atoms with Gasteiger partial charge in [0.05, 0.1) is 6.04 Å². The molecule has 1 aromatic rings. The minimum Gasteiger partial charge on any atom is -0.480 e. The maximum absolute atomic E-state index is 12.9. The number of thiol groups is 1. The van der Waals surface area contributed by atoms with Crippen molar-refractivity contribution < 1.29 is 24.3 Å². The Kier molecular flexibility index (Phi) is 11.9. The Balaban J connectivity index is 2.81. The Bertz CT molecular complexity index is 805. The average molecular weight is 481 g/mol. The number of carboxylic acid groups (broad SMARTS) is 1. The first-order chi connectivity index (χ1) is 15.5. The number of carbonyl (C=O) groups is 4. The molecule has 0 aromatic heterocycles. The molecular formula is C23H36N4O5S. The summed E-state index contributed by atoms with van der Waals surface area (Å²) in [5, 5.41) is 17.1. The highest BCUT2D eigenvalue weighted by Crippen LogP contribution is 2.09. The highest BCUT2D eigenvalue weighted by molar-refractivity contribution is 7.80. The lowest BCUT2D eigenvalue weighted by Crippen LogP contribution is -2.59. The van der Waals surface area contributed by atoms with Gasteiger partial charge in [-0.25, -0.2) is 4.79 Å². The van der Waals surface area contributed by atoms with Crippen LogP contribution in [0.4, 0.5) is 0 Å². The quantitative estimate of drug-likeness (QED) is 0.229. The molecule has 1 aromatic carbocycles. The van der Waals surface area contributed by atoms with Gasteiger partial charge in [-0.1, -0.05) is 64.4 Å². The van der Waals surface area contributed by atoms with Crippen molar-refractivity contribution in [2.75, 3.05) is 5.75 Å². The van der Waals surface area contributed by atoms with Crippen LogP contribution in [-0.4, -0.2) is 58.7 Å². The number of nitrogens with one attached hydrogen (secondary N) is 3. The van der Waals surface area contributed by atoms with Crippen molar-refractivity contribution in [3.8, 4) is 0 Å². The predicted octanol–water partition coefficient (Wildman–Crippen LogP) is 0.727. The topological polar surface area (TPSA) is 151 Å². The Labute approximate surface area is 200 Å². The summed E-state index contributed by atoms with van der Waals surface area (Å²) in [7, 11) is 0. The maximum Gasteiger partial charge on any atom is 0.326 e. The highest BCUT2D eigenvalue weighted by atomic mass is 32.1. The molecule has 5 unspecified atom stereocenters. The Morgan fingerprint density at radius 3 is 2.00 bits per heavy atom. The molecule has 3 amide bonds. The summed E-state index contributed by atoms with van der Waals surface area (Å²) in [6, 6.07) is 5.35. The summed E-state index contributed by atoms with van der Waals surface area (Å²) >= 11 is 4.13. The van der Waals surface area contributed by atoms with Crippen LogP contribution in [0, 0.1) is 11.8 Å². The lowest BCUT2D eigenvalue weighted by molar-refractivity contribution is -0.143. The summed E-state index contributed by atoms with van der Waals surface area (Å²) in [5.74, 6) is -3.49. The van der Waals surface area contributed by atoms with E-state index in [1.165, 1.54) is 0 Å². The number of aliphatic carboxylic acids is 1. The smallest absolute Gasteiger partial charge is 0.326 e. The van der Waals surface area contributed by atoms with E-state index in [-0.39, 0.29) is 17.6 Å². The van der Waals surface area contributed by atoms with Crippen LogP contribution in [0.15, 0.2) is 30.3 Å². The van der Waals surface area contributed by atoms with Crippen molar-refractivity contribution in [2.45, 2.75) is 64.7 Å². The molecule has 184 valence electrons. The average Bonchev–Trinajstić information content (AvgIpc) is 2.78. The van der Waals surface area contributed by atoms with Gasteiger partial charge in [0, 0.05) is 5.75 Å². The number of carboxylic acids is 1. The molecule has 0 aliphatic carbocycles. The van der Waals surface area contributed by atoms with Crippen LogP contribution in [0.1, 0.15) is 39.7 Å². The van der Waals surface area contributed by atoms with Gasteiger partial charge in [0.2, 0.25) is 17.7 Å². The van der Waals surface area contributed by atoms with E-state index in [4.69, 9.17) is 5.73 Å². The Morgan fingerprint density at radius 2 is 1.52 bits per heavy atom. The van der Waals surface area contributed by atoms with Gasteiger partial charge in [-0.15, -0.1) is 0 Å². The predicted molar refractivity (Wildman–Crippen MR) is 130 cm³/mol. The number of benzene rings is 1. The molecule has 0 aliphatic rings. The summed E-state index contributed by atoms with van der Waals surface area (Å²) in [6.07, 6.45) is 0.868. The van der Waals surface area contributed by atoms with Crippen molar-refractivity contribution in [1.29, 1.82) is 0 Å². The van der Waals surface area contributed by atoms with Crippen LogP contribution in [0.2, 0.25) is 0 Å². The standard InChI is InChI=1S/C23H36N4O5S/c1-5-14(4)19(23(31)32)27-21(29)17(12-33)25-22(30)18(13(2)3)26-20(28)16(24)11-15-9-7-6-8-10-15/h6-10,13-14,16-19,33H,5,11-12,24H2,1-4H3,(H,25,30)(H,26,28)(H,27,29)(H,31,32). The van der Waals surface area contributed by atoms with E-state index < -0.39 is 47.9 Å². The monoisotopic (exact) mass is 480 g/mol. The Morgan fingerprint density at radius 1 is 0.939 bits per heavy atom. The molecule has 0 spiro atoms. The van der Waals surface area contributed by atoms with E-state index in [2.05, 4.69) is 28.6 Å². The molecule has 9 nitrogen and oxygen atoms in total. The van der Waals surface area contributed by atoms with Crippen molar-refractivity contribution in [1.82, 2.24) is 16.0 Å². The summed E-state index contributed by atoms with van der Waals surface area (Å²) in [4.78, 5) is 49.6. The number of nitrogens with two attached hydrogens (primary N) is 1. The normalized spacial score (nSPS) is 15.6. The summed E-state index contributed by atoms with van der Waals surface area (Å²) in [6.45, 7) is 7.05. The molecule has 10 heteroatoms. The van der Waals surface area contributed by atoms with Gasteiger partial charge >= 0.3 is 5.97 Å². The van der Waals surface area contributed by atoms with Gasteiger partial charge in [-0.05, 0) is 23.8 Å². The second-order valence-electron chi connectivity index (χ2n) is 8.48. The van der Waals surface area contributed by atoms with E-state index in [1.807, 2.05) is 37.3 Å². The van der Waals surface area contributed by atoms with Gasteiger partial charge in [0.25, 0.3) is 0 Å². The van der Waals surface area contributed by atoms with Gasteiger partial charge in [0.15, 0.2) is 0 Å². The van der Waals surface area contributed by atoms with Crippen LogP contribution in [-0.2, 0) is 25.6 Å². The van der Waals surface area contributed by atoms with Crippen LogP contribution in [0.3, 0.4) is 0 Å². The molecule has 0 fully saturated rings. The van der Waals surface area contributed by atoms with Crippen LogP contribution in [0.5, 0.6) is 0 Å². The molecule has 0 aliphatic heterocycles. The first-order valence-electron chi connectivity index (χ1n) is 11.1. The van der Waals surface area contributed by atoms with Crippen LogP contribution >= 0.6 is 12.6 Å². The summed E-state index contributed by atoms with van der Waals surface area (Å²) in [5.41, 5.74) is 6.92. The molecule has 0 radical (unpaired) electrons. The second kappa shape index (κ2) is 13.8. The number of hydrogen-bond acceptors (Lipinski definition) is 6. The minimum absolute atomic E-state index is 0.0449. The van der Waals surface area contributed by atoms with Gasteiger partial charge in [-0.2, -0.15) is 12.6 Å². The lowest BCUT2D eigenvalue weighted by atomic mass is 9.99. The fourth-order valence-corrected chi connectivity index (χ4v) is 3.41. The minimum atomic E-state index is -1.15. The van der Waals surface area contributed by atoms with Crippen molar-refractivity contribution >= 4 is 36.3 Å². The van der Waals surface area contributed by atoms with Crippen LogP contribution in [0.25, 0.3) is 0 Å². The first kappa shape index (κ1) is 28.4. The maximum atomic E-state index is 12.9. The SMILES string of the molecule is CCC(C)C(NC(=O)C(CS)NC(=O)C(NC(=O)C(N)Cc1ccccc1)C(C)C)C(=O)O. The zero-order chi connectivity index (χ0) is 25.1. The van der Waals surface area contributed by atoms with Crippen LogP contribution < -0.4 is 21.7 Å². The largest absolute Gasteiger partial charge is 0.480 e. The summed E-state index contributed by atoms with van der Waals surface area (Å²) < 4.78 is 0. The number of rotatable bonds is 13. The molecule has 5 atom stereocenters. The van der Waals surface area contributed by atoms with E-state index in [9.17, 15) is 24.3 Å². The number of amides is 3. The highest BCUT2D eigenvalue weighted by Gasteiger charge is 2.32. The third kappa shape index (κ3) is 9.05. The zero-order valence-corrected chi connectivity index (χ0v) is 20.5. The number of hydrogen-bond donors (Lipinski definition) is 6. The molecule has 0 bridgehead atoms. The van der Waals surface area contributed by atoms with Gasteiger partial charge in [0.1, 0.15) is 18.1 Å². The van der Waals surface area contributed by atoms with Gasteiger partial charge < -0.3 is 26.8 Å². The van der Waals surface area contributed by atoms with Crippen molar-refractivity contribution in [2.24, 2.45) is 17.6 Å². The fourth-order valence-electron chi connectivity index (χ4n) is 3.15. The zero-order valence-electron chi connectivity index (χ0n) is 19.6. The molecule has 1 rings (SSSR count). The molecule has 33 heavy (non-hydrogen) atoms. The molecule has 0 saturated heterocycles. The van der Waals surface area contributed by atoms with E-state index in [1.54, 1.807) is 20.8 Å². The molecule has 0 heterocycles. The lowest BCUT2D eigenvalue weighted by Gasteiger charge is -2.27. The van der Waals surface area contributed by atoms with E-state index in [0.717, 1.165) is 5.56 Å². The first-order valence-corrected chi connectivity index (χ1v) is 11.7. The van der Waals surface area contributed by atoms with E-state index >= 15 is 0 Å². The molecule has 0 saturated carbocycles. The third-order valence-electron chi connectivity index (χ3n) is 5.47. The Hall–Kier alpha value is -2.59. The third-order valence-corrected chi connectivity index (χ3v) is 5.84. The van der Waals surface area contributed by atoms with Crippen molar-refractivity contribution in [3.05, 3.63) is 35.9 Å². The van der Waals surface area contributed by atoms with Crippen molar-refractivity contribution in [3.63, 3.8) is 0 Å². The van der Waals surface area contributed by atoms with Gasteiger partial charge in [-0.3, -0.25) is 14.4 Å².